The minimum Gasteiger partial charge on any atom is -0.497 e. The van der Waals surface area contributed by atoms with Crippen LogP contribution in [0.4, 0.5) is 10.3 Å². The number of anilines is 2. The Bertz CT molecular complexity index is 816. The van der Waals surface area contributed by atoms with E-state index in [9.17, 15) is 10.1 Å². The summed E-state index contributed by atoms with van der Waals surface area (Å²) < 4.78 is 5.09. The van der Waals surface area contributed by atoms with Crippen LogP contribution in [0.15, 0.2) is 29.8 Å². The van der Waals surface area contributed by atoms with Crippen LogP contribution in [0.25, 0.3) is 6.08 Å². The monoisotopic (exact) mass is 355 g/mol. The molecule has 0 spiro atoms. The molecule has 3 rings (SSSR count). The van der Waals surface area contributed by atoms with E-state index in [0.717, 1.165) is 36.6 Å². The molecule has 1 fully saturated rings. The van der Waals surface area contributed by atoms with Gasteiger partial charge in [0.15, 0.2) is 0 Å². The van der Waals surface area contributed by atoms with Gasteiger partial charge < -0.3 is 9.64 Å². The molecule has 8 heteroatoms. The maximum Gasteiger partial charge on any atom is 0.268 e. The number of nitrogens with zero attached hydrogens (tertiary/aromatic N) is 4. The van der Waals surface area contributed by atoms with Crippen LogP contribution < -0.4 is 15.0 Å². The van der Waals surface area contributed by atoms with Crippen LogP contribution in [-0.4, -0.2) is 36.3 Å². The quantitative estimate of drug-likeness (QED) is 0.655. The lowest BCUT2D eigenvalue weighted by Crippen LogP contribution is -2.17. The summed E-state index contributed by atoms with van der Waals surface area (Å²) in [6.45, 7) is 1.92. The highest BCUT2D eigenvalue weighted by molar-refractivity contribution is 7.19. The van der Waals surface area contributed by atoms with Gasteiger partial charge in [-0.05, 0) is 36.6 Å². The second kappa shape index (κ2) is 7.77. The number of hydrogen-bond acceptors (Lipinski definition) is 7. The number of nitriles is 1. The largest absolute Gasteiger partial charge is 0.497 e. The number of methoxy groups -OCH3 is 1. The van der Waals surface area contributed by atoms with Crippen LogP contribution in [0.5, 0.6) is 5.75 Å². The summed E-state index contributed by atoms with van der Waals surface area (Å²) in [6.07, 6.45) is 3.81. The first-order chi connectivity index (χ1) is 12.2. The van der Waals surface area contributed by atoms with Gasteiger partial charge in [-0.15, -0.1) is 10.2 Å². The third kappa shape index (κ3) is 4.14. The zero-order valence-corrected chi connectivity index (χ0v) is 14.5. The van der Waals surface area contributed by atoms with Crippen LogP contribution in [-0.2, 0) is 4.79 Å². The van der Waals surface area contributed by atoms with E-state index >= 15 is 0 Å². The molecule has 0 aliphatic carbocycles. The number of nitrogens with one attached hydrogen (secondary N) is 1. The Kier molecular flexibility index (Phi) is 5.26. The van der Waals surface area contributed by atoms with Crippen molar-refractivity contribution in [3.05, 3.63) is 35.4 Å². The van der Waals surface area contributed by atoms with Crippen molar-refractivity contribution in [2.24, 2.45) is 0 Å². The number of rotatable bonds is 5. The third-order valence-corrected chi connectivity index (χ3v) is 4.70. The number of benzene rings is 1. The first-order valence-corrected chi connectivity index (χ1v) is 8.67. The van der Waals surface area contributed by atoms with Gasteiger partial charge in [0, 0.05) is 13.1 Å². The van der Waals surface area contributed by atoms with Gasteiger partial charge in [0.05, 0.1) is 7.11 Å². The Morgan fingerprint density at radius 2 is 2.04 bits per heavy atom. The summed E-state index contributed by atoms with van der Waals surface area (Å²) in [4.78, 5) is 14.4. The van der Waals surface area contributed by atoms with E-state index in [1.807, 2.05) is 6.07 Å². The summed E-state index contributed by atoms with van der Waals surface area (Å²) in [5.74, 6) is 0.214. The Morgan fingerprint density at radius 3 is 2.68 bits per heavy atom. The third-order valence-electron chi connectivity index (χ3n) is 3.80. The van der Waals surface area contributed by atoms with Crippen LogP contribution >= 0.6 is 11.3 Å². The van der Waals surface area contributed by atoms with Gasteiger partial charge in [-0.2, -0.15) is 5.26 Å². The first kappa shape index (κ1) is 16.9. The average molecular weight is 355 g/mol. The minimum atomic E-state index is -0.498. The summed E-state index contributed by atoms with van der Waals surface area (Å²) in [5.41, 5.74) is 0.741. The van der Waals surface area contributed by atoms with E-state index in [1.165, 1.54) is 17.4 Å². The summed E-state index contributed by atoms with van der Waals surface area (Å²) >= 11 is 1.32. The molecule has 1 aromatic carbocycles. The fourth-order valence-corrected chi connectivity index (χ4v) is 3.27. The zero-order chi connectivity index (χ0) is 17.6. The Labute approximate surface area is 149 Å². The molecule has 1 aliphatic heterocycles. The standard InChI is InChI=1S/C17H17N5O2S/c1-24-14-6-4-12(5-7-14)10-13(11-18)15(23)19-16-20-21-17(25-16)22-8-2-3-9-22/h4-7,10H,2-3,8-9H2,1H3,(H,19,20,23)/b13-10-. The van der Waals surface area contributed by atoms with E-state index < -0.39 is 5.91 Å². The highest BCUT2D eigenvalue weighted by atomic mass is 32.1. The molecule has 2 heterocycles. The molecule has 25 heavy (non-hydrogen) atoms. The predicted molar refractivity (Wildman–Crippen MR) is 96.6 cm³/mol. The van der Waals surface area contributed by atoms with Crippen molar-refractivity contribution in [3.63, 3.8) is 0 Å². The Hall–Kier alpha value is -2.92. The lowest BCUT2D eigenvalue weighted by molar-refractivity contribution is -0.112. The van der Waals surface area contributed by atoms with Crippen molar-refractivity contribution >= 4 is 33.6 Å². The molecule has 1 N–H and O–H groups in total. The van der Waals surface area contributed by atoms with Crippen molar-refractivity contribution in [1.29, 1.82) is 5.26 Å². The van der Waals surface area contributed by atoms with Gasteiger partial charge >= 0.3 is 0 Å². The van der Waals surface area contributed by atoms with E-state index in [0.29, 0.717) is 10.9 Å². The molecule has 1 saturated heterocycles. The highest BCUT2D eigenvalue weighted by Crippen LogP contribution is 2.27. The van der Waals surface area contributed by atoms with Crippen molar-refractivity contribution in [2.45, 2.75) is 12.8 Å². The van der Waals surface area contributed by atoms with Crippen LogP contribution in [0.1, 0.15) is 18.4 Å². The van der Waals surface area contributed by atoms with Crippen molar-refractivity contribution in [3.8, 4) is 11.8 Å². The number of ether oxygens (including phenoxy) is 1. The fourth-order valence-electron chi connectivity index (χ4n) is 2.48. The van der Waals surface area contributed by atoms with Gasteiger partial charge in [0.1, 0.15) is 17.4 Å². The molecular weight excluding hydrogens is 338 g/mol. The maximum absolute atomic E-state index is 12.3. The van der Waals surface area contributed by atoms with Crippen molar-refractivity contribution in [2.75, 3.05) is 30.4 Å². The molecule has 0 bridgehead atoms. The van der Waals surface area contributed by atoms with E-state index in [4.69, 9.17) is 4.74 Å². The van der Waals surface area contributed by atoms with Crippen molar-refractivity contribution in [1.82, 2.24) is 10.2 Å². The number of carbonyl (C=O) groups is 1. The molecule has 0 atom stereocenters. The molecule has 0 saturated carbocycles. The SMILES string of the molecule is COc1ccc(/C=C(/C#N)C(=O)Nc2nnc(N3CCCC3)s2)cc1. The molecule has 1 amide bonds. The van der Waals surface area contributed by atoms with Gasteiger partial charge in [-0.3, -0.25) is 10.1 Å². The summed E-state index contributed by atoms with van der Waals surface area (Å²) in [5, 5.41) is 21.2. The maximum atomic E-state index is 12.3. The summed E-state index contributed by atoms with van der Waals surface area (Å²) in [7, 11) is 1.58. The molecule has 128 valence electrons. The molecule has 7 nitrogen and oxygen atoms in total. The lowest BCUT2D eigenvalue weighted by Gasteiger charge is -2.10. The molecule has 0 unspecified atom stereocenters. The van der Waals surface area contributed by atoms with Gasteiger partial charge in [0.2, 0.25) is 10.3 Å². The molecule has 1 aliphatic rings. The molecule has 2 aromatic rings. The number of aromatic nitrogens is 2. The van der Waals surface area contributed by atoms with Gasteiger partial charge in [-0.25, -0.2) is 0 Å². The lowest BCUT2D eigenvalue weighted by atomic mass is 10.1. The molecule has 1 aromatic heterocycles. The van der Waals surface area contributed by atoms with E-state index in [1.54, 1.807) is 31.4 Å². The topological polar surface area (TPSA) is 91.1 Å². The zero-order valence-electron chi connectivity index (χ0n) is 13.7. The minimum absolute atomic E-state index is 0.00286. The number of carbonyl (C=O) groups excluding carboxylic acids is 1. The van der Waals surface area contributed by atoms with Gasteiger partial charge in [-0.1, -0.05) is 23.5 Å². The first-order valence-electron chi connectivity index (χ1n) is 7.85. The Balaban J connectivity index is 1.69. The number of amides is 1. The average Bonchev–Trinajstić information content (AvgIpc) is 3.31. The van der Waals surface area contributed by atoms with Crippen LogP contribution in [0, 0.1) is 11.3 Å². The smallest absolute Gasteiger partial charge is 0.268 e. The van der Waals surface area contributed by atoms with Crippen molar-refractivity contribution < 1.29 is 9.53 Å². The highest BCUT2D eigenvalue weighted by Gasteiger charge is 2.18. The van der Waals surface area contributed by atoms with Crippen LogP contribution in [0.2, 0.25) is 0 Å². The van der Waals surface area contributed by atoms with E-state index in [-0.39, 0.29) is 5.57 Å². The normalized spacial score (nSPS) is 14.2. The molecular formula is C17H17N5O2S. The number of hydrogen-bond donors (Lipinski definition) is 1. The fraction of sp³-hybridized carbons (Fsp3) is 0.294. The van der Waals surface area contributed by atoms with E-state index in [2.05, 4.69) is 20.4 Å². The predicted octanol–water partition coefficient (Wildman–Crippen LogP) is 2.69. The van der Waals surface area contributed by atoms with Gasteiger partial charge in [0.25, 0.3) is 5.91 Å². The molecule has 0 radical (unpaired) electrons. The van der Waals surface area contributed by atoms with Crippen LogP contribution in [0.3, 0.4) is 0 Å². The Morgan fingerprint density at radius 1 is 1.32 bits per heavy atom. The second-order valence-corrected chi connectivity index (χ2v) is 6.44. The second-order valence-electron chi connectivity index (χ2n) is 5.48. The summed E-state index contributed by atoms with van der Waals surface area (Å²) in [6, 6.07) is 9.02.